The number of hydrogen-bond acceptors (Lipinski definition) is 3. The van der Waals surface area contributed by atoms with Crippen molar-refractivity contribution in [3.63, 3.8) is 0 Å². The van der Waals surface area contributed by atoms with Crippen LogP contribution in [0.15, 0.2) is 78.9 Å². The van der Waals surface area contributed by atoms with E-state index in [4.69, 9.17) is 9.84 Å². The van der Waals surface area contributed by atoms with E-state index in [1.165, 1.54) is 13.8 Å². The Morgan fingerprint density at radius 2 is 1.45 bits per heavy atom. The summed E-state index contributed by atoms with van der Waals surface area (Å²) in [6.07, 6.45) is 0.211. The Kier molecular flexibility index (Phi) is 5.98. The van der Waals surface area contributed by atoms with Crippen molar-refractivity contribution in [3.05, 3.63) is 84.4 Å². The van der Waals surface area contributed by atoms with E-state index in [1.807, 2.05) is 54.6 Å². The Labute approximate surface area is 170 Å². The van der Waals surface area contributed by atoms with Gasteiger partial charge in [-0.05, 0) is 54.8 Å². The summed E-state index contributed by atoms with van der Waals surface area (Å²) in [5, 5.41) is 12.0. The first-order valence-corrected chi connectivity index (χ1v) is 9.30. The Morgan fingerprint density at radius 3 is 2.03 bits per heavy atom. The van der Waals surface area contributed by atoms with Crippen LogP contribution in [0.1, 0.15) is 19.4 Å². The third kappa shape index (κ3) is 5.45. The molecule has 1 amide bonds. The second-order valence-corrected chi connectivity index (χ2v) is 7.23. The molecule has 5 nitrogen and oxygen atoms in total. The molecule has 0 aliphatic heterocycles. The van der Waals surface area contributed by atoms with Crippen molar-refractivity contribution in [1.82, 2.24) is 0 Å². The summed E-state index contributed by atoms with van der Waals surface area (Å²) in [6, 6.07) is 24.6. The highest BCUT2D eigenvalue weighted by Gasteiger charge is 2.29. The van der Waals surface area contributed by atoms with Crippen LogP contribution < -0.4 is 10.1 Å². The quantitative estimate of drug-likeness (QED) is 0.610. The smallest absolute Gasteiger partial charge is 0.347 e. The molecule has 0 aromatic heterocycles. The van der Waals surface area contributed by atoms with Gasteiger partial charge in [0.05, 0.1) is 6.42 Å². The second kappa shape index (κ2) is 8.61. The highest BCUT2D eigenvalue weighted by atomic mass is 16.5. The van der Waals surface area contributed by atoms with E-state index in [1.54, 1.807) is 24.3 Å². The van der Waals surface area contributed by atoms with Crippen LogP contribution in [0.25, 0.3) is 11.1 Å². The van der Waals surface area contributed by atoms with Crippen molar-refractivity contribution in [2.75, 3.05) is 5.32 Å². The van der Waals surface area contributed by atoms with Crippen molar-refractivity contribution < 1.29 is 19.4 Å². The lowest BCUT2D eigenvalue weighted by Crippen LogP contribution is -2.37. The van der Waals surface area contributed by atoms with Crippen LogP contribution >= 0.6 is 0 Å². The van der Waals surface area contributed by atoms with Gasteiger partial charge >= 0.3 is 5.97 Å². The van der Waals surface area contributed by atoms with Crippen LogP contribution in [-0.4, -0.2) is 22.6 Å². The average Bonchev–Trinajstić information content (AvgIpc) is 2.70. The van der Waals surface area contributed by atoms with Crippen molar-refractivity contribution in [1.29, 1.82) is 0 Å². The molecule has 0 heterocycles. The van der Waals surface area contributed by atoms with Gasteiger partial charge in [-0.15, -0.1) is 0 Å². The number of carboxylic acids is 1. The number of nitrogens with one attached hydrogen (secondary N) is 1. The van der Waals surface area contributed by atoms with Crippen LogP contribution in [0.2, 0.25) is 0 Å². The molecule has 0 bridgehead atoms. The van der Waals surface area contributed by atoms with Gasteiger partial charge in [-0.2, -0.15) is 0 Å². The van der Waals surface area contributed by atoms with Crippen LogP contribution in [0.4, 0.5) is 5.69 Å². The molecule has 2 N–H and O–H groups in total. The molecule has 0 unspecified atom stereocenters. The number of rotatable bonds is 7. The van der Waals surface area contributed by atoms with Gasteiger partial charge in [0.2, 0.25) is 5.91 Å². The van der Waals surface area contributed by atoms with Gasteiger partial charge in [0.15, 0.2) is 5.60 Å². The van der Waals surface area contributed by atoms with Crippen LogP contribution in [-0.2, 0) is 16.0 Å². The first-order chi connectivity index (χ1) is 13.8. The zero-order chi connectivity index (χ0) is 20.9. The van der Waals surface area contributed by atoms with E-state index < -0.39 is 11.6 Å². The molecule has 0 atom stereocenters. The predicted octanol–water partition coefficient (Wildman–Crippen LogP) is 4.78. The van der Waals surface area contributed by atoms with Gasteiger partial charge in [-0.1, -0.05) is 54.6 Å². The number of hydrogen-bond donors (Lipinski definition) is 2. The van der Waals surface area contributed by atoms with Gasteiger partial charge in [-0.25, -0.2) is 4.79 Å². The van der Waals surface area contributed by atoms with Crippen molar-refractivity contribution in [3.8, 4) is 16.9 Å². The maximum atomic E-state index is 12.3. The summed E-state index contributed by atoms with van der Waals surface area (Å²) in [7, 11) is 0. The lowest BCUT2D eigenvalue weighted by atomic mass is 10.1. The third-order valence-electron chi connectivity index (χ3n) is 4.45. The van der Waals surface area contributed by atoms with E-state index >= 15 is 0 Å². The number of anilines is 1. The molecular weight excluding hydrogens is 366 g/mol. The summed E-state index contributed by atoms with van der Waals surface area (Å²) >= 11 is 0. The maximum absolute atomic E-state index is 12.3. The molecule has 29 heavy (non-hydrogen) atoms. The molecule has 0 aliphatic rings. The van der Waals surface area contributed by atoms with Gasteiger partial charge in [-0.3, -0.25) is 4.79 Å². The van der Waals surface area contributed by atoms with Crippen LogP contribution in [0, 0.1) is 0 Å². The Hall–Kier alpha value is -3.60. The van der Waals surface area contributed by atoms with Crippen LogP contribution in [0.3, 0.4) is 0 Å². The fraction of sp³-hybridized carbons (Fsp3) is 0.167. The minimum absolute atomic E-state index is 0.128. The number of carbonyl (C=O) groups excluding carboxylic acids is 1. The molecule has 0 fully saturated rings. The highest BCUT2D eigenvalue weighted by Crippen LogP contribution is 2.22. The Morgan fingerprint density at radius 1 is 0.862 bits per heavy atom. The number of carbonyl (C=O) groups is 2. The second-order valence-electron chi connectivity index (χ2n) is 7.23. The molecule has 3 rings (SSSR count). The summed E-state index contributed by atoms with van der Waals surface area (Å²) in [4.78, 5) is 23.5. The van der Waals surface area contributed by atoms with Crippen molar-refractivity contribution in [2.45, 2.75) is 25.9 Å². The normalized spacial score (nSPS) is 11.0. The van der Waals surface area contributed by atoms with Gasteiger partial charge in [0, 0.05) is 5.69 Å². The number of benzene rings is 3. The highest BCUT2D eigenvalue weighted by molar-refractivity contribution is 5.92. The molecule has 0 aliphatic carbocycles. The lowest BCUT2D eigenvalue weighted by molar-refractivity contribution is -0.152. The van der Waals surface area contributed by atoms with E-state index in [0.717, 1.165) is 22.4 Å². The molecule has 0 saturated carbocycles. The zero-order valence-corrected chi connectivity index (χ0v) is 16.4. The summed E-state index contributed by atoms with van der Waals surface area (Å²) < 4.78 is 5.47. The minimum Gasteiger partial charge on any atom is -0.478 e. The first kappa shape index (κ1) is 20.1. The summed E-state index contributed by atoms with van der Waals surface area (Å²) in [5.74, 6) is -0.728. The van der Waals surface area contributed by atoms with Gasteiger partial charge < -0.3 is 15.2 Å². The Bertz CT molecular complexity index is 978. The lowest BCUT2D eigenvalue weighted by Gasteiger charge is -2.21. The molecular formula is C24H23NO4. The summed E-state index contributed by atoms with van der Waals surface area (Å²) in [5.41, 5.74) is 2.44. The van der Waals surface area contributed by atoms with Crippen molar-refractivity contribution >= 4 is 17.6 Å². The van der Waals surface area contributed by atoms with Crippen molar-refractivity contribution in [2.24, 2.45) is 0 Å². The van der Waals surface area contributed by atoms with Gasteiger partial charge in [0.1, 0.15) is 5.75 Å². The molecule has 0 spiro atoms. The van der Waals surface area contributed by atoms with Crippen LogP contribution in [0.5, 0.6) is 5.75 Å². The maximum Gasteiger partial charge on any atom is 0.347 e. The first-order valence-electron chi connectivity index (χ1n) is 9.30. The fourth-order valence-electron chi connectivity index (χ4n) is 2.78. The molecule has 5 heteroatoms. The minimum atomic E-state index is -1.31. The fourth-order valence-corrected chi connectivity index (χ4v) is 2.78. The molecule has 0 saturated heterocycles. The molecule has 3 aromatic rings. The standard InChI is InChI=1S/C24H23NO4/c1-24(2,23(27)28)29-21-14-8-17(9-15-21)16-22(26)25-20-12-10-19(11-13-20)18-6-4-3-5-7-18/h3-15H,16H2,1-2H3,(H,25,26)(H,27,28). The van der Waals surface area contributed by atoms with E-state index in [2.05, 4.69) is 5.32 Å². The zero-order valence-electron chi connectivity index (χ0n) is 16.4. The number of aliphatic carboxylic acids is 1. The molecule has 148 valence electrons. The SMILES string of the molecule is CC(C)(Oc1ccc(CC(=O)Nc2ccc(-c3ccccc3)cc2)cc1)C(=O)O. The Balaban J connectivity index is 1.57. The number of ether oxygens (including phenoxy) is 1. The van der Waals surface area contributed by atoms with Gasteiger partial charge in [0.25, 0.3) is 0 Å². The van der Waals surface area contributed by atoms with E-state index in [0.29, 0.717) is 5.75 Å². The largest absolute Gasteiger partial charge is 0.478 e. The summed E-state index contributed by atoms with van der Waals surface area (Å²) in [6.45, 7) is 2.97. The molecule has 3 aromatic carbocycles. The van der Waals surface area contributed by atoms with E-state index in [-0.39, 0.29) is 12.3 Å². The third-order valence-corrected chi connectivity index (χ3v) is 4.45. The number of carboxylic acid groups (broad SMARTS) is 1. The average molecular weight is 389 g/mol. The number of amides is 1. The van der Waals surface area contributed by atoms with E-state index in [9.17, 15) is 9.59 Å². The monoisotopic (exact) mass is 389 g/mol. The predicted molar refractivity (Wildman–Crippen MR) is 113 cm³/mol. The molecule has 0 radical (unpaired) electrons. The topological polar surface area (TPSA) is 75.6 Å².